The molecule has 4 aliphatic rings. The summed E-state index contributed by atoms with van der Waals surface area (Å²) in [6.45, 7) is 3.32. The lowest BCUT2D eigenvalue weighted by Crippen LogP contribution is -2.62. The molecule has 7 rings (SSSR count). The Bertz CT molecular complexity index is 1540. The summed E-state index contributed by atoms with van der Waals surface area (Å²) < 4.78 is 41.4. The fourth-order valence-corrected chi connectivity index (χ4v) is 5.85. The molecular weight excluding hydrogens is 550 g/mol. The summed E-state index contributed by atoms with van der Waals surface area (Å²) in [5.41, 5.74) is 7.03. The van der Waals surface area contributed by atoms with Crippen LogP contribution in [0, 0.1) is 17.6 Å². The first-order chi connectivity index (χ1) is 20.2. The maximum Gasteiger partial charge on any atom is 0.407 e. The summed E-state index contributed by atoms with van der Waals surface area (Å²) in [6, 6.07) is 4.26. The number of amides is 2. The van der Waals surface area contributed by atoms with Gasteiger partial charge in [-0.05, 0) is 35.7 Å². The third-order valence-electron chi connectivity index (χ3n) is 8.06. The van der Waals surface area contributed by atoms with Crippen LogP contribution < -0.4 is 21.3 Å². The summed E-state index contributed by atoms with van der Waals surface area (Å²) >= 11 is 0. The van der Waals surface area contributed by atoms with E-state index in [4.69, 9.17) is 15.2 Å². The van der Waals surface area contributed by atoms with Crippen molar-refractivity contribution < 1.29 is 33.0 Å². The number of pyridine rings is 2. The molecule has 2 saturated heterocycles. The second-order valence-electron chi connectivity index (χ2n) is 10.9. The van der Waals surface area contributed by atoms with E-state index in [0.29, 0.717) is 43.2 Å². The van der Waals surface area contributed by atoms with E-state index >= 15 is 8.78 Å². The Hall–Kier alpha value is -4.36. The van der Waals surface area contributed by atoms with Gasteiger partial charge in [0, 0.05) is 43.2 Å². The number of phenols is 1. The summed E-state index contributed by atoms with van der Waals surface area (Å²) in [4.78, 5) is 36.4. The Balaban J connectivity index is 1.46. The Morgan fingerprint density at radius 2 is 1.95 bits per heavy atom. The van der Waals surface area contributed by atoms with Crippen LogP contribution in [0.25, 0.3) is 11.3 Å². The molecule has 0 aliphatic carbocycles. The molecule has 2 amide bonds. The van der Waals surface area contributed by atoms with Crippen molar-refractivity contribution in [1.82, 2.24) is 15.3 Å². The average molecular weight is 581 g/mol. The van der Waals surface area contributed by atoms with Gasteiger partial charge in [0.1, 0.15) is 28.8 Å². The summed E-state index contributed by atoms with van der Waals surface area (Å²) in [6.07, 6.45) is 2.39. The van der Waals surface area contributed by atoms with E-state index < -0.39 is 52.7 Å². The number of piperidine rings is 1. The van der Waals surface area contributed by atoms with Crippen LogP contribution in [0.5, 0.6) is 5.75 Å². The molecule has 3 aromatic rings. The number of aromatic hydroxyl groups is 1. The van der Waals surface area contributed by atoms with Crippen LogP contribution in [0.1, 0.15) is 34.5 Å². The van der Waals surface area contributed by atoms with Crippen molar-refractivity contribution >= 4 is 23.4 Å². The molecule has 0 unspecified atom stereocenters. The molecule has 5 N–H and O–H groups in total. The van der Waals surface area contributed by atoms with Gasteiger partial charge in [-0.15, -0.1) is 0 Å². The SMILES string of the molecule is C[C@H]1CN2C[C@@H](N)[C@H]1NC(=O)OCCc1c(C3COC3)cc(F)c(c1O)-c1nc(ccc1F)C(=O)Nc1cnccc12. The molecule has 6 bridgehead atoms. The number of rotatable bonds is 1. The summed E-state index contributed by atoms with van der Waals surface area (Å²) in [5.74, 6) is -3.35. The van der Waals surface area contributed by atoms with Crippen molar-refractivity contribution in [2.45, 2.75) is 31.3 Å². The molecule has 0 spiro atoms. The first kappa shape index (κ1) is 27.8. The van der Waals surface area contributed by atoms with Crippen LogP contribution in [-0.2, 0) is 15.9 Å². The Morgan fingerprint density at radius 3 is 2.69 bits per heavy atom. The van der Waals surface area contributed by atoms with E-state index in [1.165, 1.54) is 18.3 Å². The highest BCUT2D eigenvalue weighted by Crippen LogP contribution is 2.41. The van der Waals surface area contributed by atoms with Gasteiger partial charge in [0.15, 0.2) is 0 Å². The molecule has 2 fully saturated rings. The van der Waals surface area contributed by atoms with Gasteiger partial charge in [0.25, 0.3) is 5.91 Å². The number of nitrogens with one attached hydrogen (secondary N) is 2. The molecule has 6 heterocycles. The van der Waals surface area contributed by atoms with Crippen molar-refractivity contribution in [2.24, 2.45) is 11.7 Å². The number of fused-ring (bicyclic) bond motifs is 7. The van der Waals surface area contributed by atoms with Gasteiger partial charge < -0.3 is 35.8 Å². The molecule has 4 aliphatic heterocycles. The van der Waals surface area contributed by atoms with Gasteiger partial charge in [-0.3, -0.25) is 9.78 Å². The Morgan fingerprint density at radius 1 is 1.14 bits per heavy atom. The number of hydrogen-bond donors (Lipinski definition) is 4. The maximum absolute atomic E-state index is 15.6. The van der Waals surface area contributed by atoms with E-state index in [1.807, 2.05) is 11.8 Å². The van der Waals surface area contributed by atoms with Crippen LogP contribution in [0.2, 0.25) is 0 Å². The van der Waals surface area contributed by atoms with Crippen LogP contribution in [-0.4, -0.2) is 72.1 Å². The minimum Gasteiger partial charge on any atom is -0.507 e. The molecule has 3 atom stereocenters. The van der Waals surface area contributed by atoms with Gasteiger partial charge in [0.2, 0.25) is 0 Å². The van der Waals surface area contributed by atoms with Crippen molar-refractivity contribution in [3.05, 3.63) is 65.1 Å². The van der Waals surface area contributed by atoms with Gasteiger partial charge >= 0.3 is 6.09 Å². The number of carbonyl (C=O) groups is 2. The molecule has 11 nitrogen and oxygen atoms in total. The number of phenolic OH excluding ortho intramolecular Hbond substituents is 1. The third-order valence-corrected chi connectivity index (χ3v) is 8.06. The predicted molar refractivity (Wildman–Crippen MR) is 148 cm³/mol. The number of carbonyl (C=O) groups excluding carboxylic acids is 2. The number of ether oxygens (including phenoxy) is 2. The standard InChI is InChI=1S/C29H30F2N6O5/c1-14-10-37-11-20(32)25(14)36-29(40)42-7-5-16-17(15-12-41-13-15)8-19(31)24(27(16)38)26-18(30)2-3-21(34-26)28(39)35-22-9-33-6-4-23(22)37/h2-4,6,8-9,14-15,20,25,38H,5,7,10-13,32H2,1H3,(H,35,39)(H,36,40)/t14-,20+,25-/m0/s1. The number of nitrogens with two attached hydrogens (primary N) is 1. The van der Waals surface area contributed by atoms with Crippen molar-refractivity contribution in [1.29, 1.82) is 0 Å². The second-order valence-corrected chi connectivity index (χ2v) is 10.9. The summed E-state index contributed by atoms with van der Waals surface area (Å²) in [7, 11) is 0. The number of aromatic nitrogens is 2. The van der Waals surface area contributed by atoms with E-state index in [0.717, 1.165) is 6.07 Å². The normalized spacial score (nSPS) is 23.0. The minimum atomic E-state index is -0.930. The molecule has 2 aromatic heterocycles. The number of hydrogen-bond acceptors (Lipinski definition) is 9. The third kappa shape index (κ3) is 5.09. The van der Waals surface area contributed by atoms with Crippen LogP contribution in [0.4, 0.5) is 25.0 Å². The zero-order chi connectivity index (χ0) is 29.5. The van der Waals surface area contributed by atoms with E-state index in [9.17, 15) is 14.7 Å². The van der Waals surface area contributed by atoms with Gasteiger partial charge in [-0.1, -0.05) is 6.92 Å². The van der Waals surface area contributed by atoms with Crippen molar-refractivity contribution in [3.8, 4) is 17.0 Å². The number of benzene rings is 1. The molecule has 13 heteroatoms. The second kappa shape index (κ2) is 11.1. The van der Waals surface area contributed by atoms with E-state index in [1.54, 1.807) is 12.3 Å². The zero-order valence-corrected chi connectivity index (χ0v) is 22.8. The Kier molecular flexibility index (Phi) is 7.37. The van der Waals surface area contributed by atoms with Crippen molar-refractivity contribution in [3.63, 3.8) is 0 Å². The average Bonchev–Trinajstić information content (AvgIpc) is 2.92. The highest BCUT2D eigenvalue weighted by atomic mass is 19.1. The zero-order valence-electron chi connectivity index (χ0n) is 22.8. The summed E-state index contributed by atoms with van der Waals surface area (Å²) in [5, 5.41) is 16.9. The number of halogens is 2. The first-order valence-corrected chi connectivity index (χ1v) is 13.7. The highest BCUT2D eigenvalue weighted by Gasteiger charge is 2.35. The topological polar surface area (TPSA) is 152 Å². The predicted octanol–water partition coefficient (Wildman–Crippen LogP) is 2.93. The van der Waals surface area contributed by atoms with Gasteiger partial charge in [0.05, 0.1) is 49.0 Å². The fraction of sp³-hybridized carbons (Fsp3) is 0.379. The maximum atomic E-state index is 15.6. The lowest BCUT2D eigenvalue weighted by molar-refractivity contribution is 0.00780. The highest BCUT2D eigenvalue weighted by molar-refractivity contribution is 6.05. The van der Waals surface area contributed by atoms with Crippen LogP contribution >= 0.6 is 0 Å². The quantitative estimate of drug-likeness (QED) is 0.341. The molecule has 1 aromatic carbocycles. The lowest BCUT2D eigenvalue weighted by atomic mass is 9.88. The Labute approximate surface area is 240 Å². The number of anilines is 2. The lowest BCUT2D eigenvalue weighted by Gasteiger charge is -2.42. The van der Waals surface area contributed by atoms with Crippen molar-refractivity contribution in [2.75, 3.05) is 43.1 Å². The molecule has 0 saturated carbocycles. The van der Waals surface area contributed by atoms with E-state index in [2.05, 4.69) is 20.6 Å². The van der Waals surface area contributed by atoms with Gasteiger partial charge in [-0.2, -0.15) is 0 Å². The monoisotopic (exact) mass is 580 g/mol. The number of alkyl carbamates (subject to hydrolysis) is 1. The number of nitrogens with zero attached hydrogens (tertiary/aromatic N) is 3. The minimum absolute atomic E-state index is 0.0164. The largest absolute Gasteiger partial charge is 0.507 e. The molecule has 220 valence electrons. The smallest absolute Gasteiger partial charge is 0.407 e. The van der Waals surface area contributed by atoms with E-state index in [-0.39, 0.29) is 36.1 Å². The fourth-order valence-electron chi connectivity index (χ4n) is 5.85. The molecule has 0 radical (unpaired) electrons. The van der Waals surface area contributed by atoms with Crippen LogP contribution in [0.15, 0.2) is 36.7 Å². The molecular formula is C29H30F2N6O5. The van der Waals surface area contributed by atoms with Crippen LogP contribution in [0.3, 0.4) is 0 Å². The molecule has 42 heavy (non-hydrogen) atoms. The van der Waals surface area contributed by atoms with Gasteiger partial charge in [-0.25, -0.2) is 18.6 Å². The first-order valence-electron chi connectivity index (χ1n) is 13.7.